The number of nitrogens with zero attached hydrogens (tertiary/aromatic N) is 2. The van der Waals surface area contributed by atoms with E-state index in [-0.39, 0.29) is 0 Å². The first-order valence-corrected chi connectivity index (χ1v) is 6.40. The Morgan fingerprint density at radius 2 is 2.11 bits per heavy atom. The van der Waals surface area contributed by atoms with Crippen LogP contribution in [0.2, 0.25) is 0 Å². The standard InChI is InChI=1S/C15H22N2O/c1-5-17(10-12(2)3)11-13-6-7-14(9-16)15(8-13)18-4/h6-8,12H,5,10-11H2,1-4H3. The molecule has 0 radical (unpaired) electrons. The lowest BCUT2D eigenvalue weighted by Gasteiger charge is -2.22. The van der Waals surface area contributed by atoms with Gasteiger partial charge >= 0.3 is 0 Å². The van der Waals surface area contributed by atoms with Gasteiger partial charge in [-0.2, -0.15) is 5.26 Å². The van der Waals surface area contributed by atoms with Crippen LogP contribution in [-0.4, -0.2) is 25.1 Å². The normalized spacial score (nSPS) is 10.7. The van der Waals surface area contributed by atoms with Crippen LogP contribution in [0.4, 0.5) is 0 Å². The second kappa shape index (κ2) is 7.03. The van der Waals surface area contributed by atoms with E-state index in [1.165, 1.54) is 5.56 Å². The largest absolute Gasteiger partial charge is 0.495 e. The Kier molecular flexibility index (Phi) is 5.67. The van der Waals surface area contributed by atoms with E-state index in [2.05, 4.69) is 31.7 Å². The molecule has 0 aliphatic heterocycles. The number of methoxy groups -OCH3 is 1. The third-order valence-corrected chi connectivity index (χ3v) is 2.86. The van der Waals surface area contributed by atoms with Gasteiger partial charge in [0.15, 0.2) is 0 Å². The molecule has 1 rings (SSSR count). The molecular weight excluding hydrogens is 224 g/mol. The summed E-state index contributed by atoms with van der Waals surface area (Å²) in [7, 11) is 1.60. The van der Waals surface area contributed by atoms with Crippen molar-refractivity contribution in [3.8, 4) is 11.8 Å². The summed E-state index contributed by atoms with van der Waals surface area (Å²) in [5.41, 5.74) is 1.78. The molecule has 0 spiro atoms. The molecule has 0 saturated heterocycles. The number of hydrogen-bond acceptors (Lipinski definition) is 3. The van der Waals surface area contributed by atoms with Gasteiger partial charge in [0, 0.05) is 13.1 Å². The van der Waals surface area contributed by atoms with E-state index in [4.69, 9.17) is 10.00 Å². The monoisotopic (exact) mass is 246 g/mol. The van der Waals surface area contributed by atoms with Gasteiger partial charge in [0.05, 0.1) is 12.7 Å². The van der Waals surface area contributed by atoms with Gasteiger partial charge in [-0.3, -0.25) is 4.90 Å². The molecule has 0 saturated carbocycles. The van der Waals surface area contributed by atoms with Crippen molar-refractivity contribution >= 4 is 0 Å². The van der Waals surface area contributed by atoms with Gasteiger partial charge in [0.2, 0.25) is 0 Å². The van der Waals surface area contributed by atoms with Crippen LogP contribution in [-0.2, 0) is 6.54 Å². The number of rotatable bonds is 6. The van der Waals surface area contributed by atoms with Crippen molar-refractivity contribution in [2.45, 2.75) is 27.3 Å². The van der Waals surface area contributed by atoms with Crippen LogP contribution in [0, 0.1) is 17.2 Å². The van der Waals surface area contributed by atoms with E-state index in [0.717, 1.165) is 19.6 Å². The molecule has 0 fully saturated rings. The van der Waals surface area contributed by atoms with Crippen molar-refractivity contribution in [2.24, 2.45) is 5.92 Å². The lowest BCUT2D eigenvalue weighted by Crippen LogP contribution is -2.27. The molecule has 0 N–H and O–H groups in total. The van der Waals surface area contributed by atoms with Crippen molar-refractivity contribution in [2.75, 3.05) is 20.2 Å². The van der Waals surface area contributed by atoms with Gasteiger partial charge < -0.3 is 4.74 Å². The molecule has 0 unspecified atom stereocenters. The molecule has 3 nitrogen and oxygen atoms in total. The summed E-state index contributed by atoms with van der Waals surface area (Å²) < 4.78 is 5.23. The molecule has 0 amide bonds. The third-order valence-electron chi connectivity index (χ3n) is 2.86. The van der Waals surface area contributed by atoms with Crippen LogP contribution in [0.25, 0.3) is 0 Å². The average Bonchev–Trinajstić information content (AvgIpc) is 2.37. The minimum Gasteiger partial charge on any atom is -0.495 e. The fourth-order valence-corrected chi connectivity index (χ4v) is 2.01. The van der Waals surface area contributed by atoms with Crippen LogP contribution in [0.1, 0.15) is 31.9 Å². The first-order chi connectivity index (χ1) is 8.60. The summed E-state index contributed by atoms with van der Waals surface area (Å²) in [4.78, 5) is 2.39. The highest BCUT2D eigenvalue weighted by Gasteiger charge is 2.08. The highest BCUT2D eigenvalue weighted by atomic mass is 16.5. The topological polar surface area (TPSA) is 36.3 Å². The molecule has 0 aromatic heterocycles. The van der Waals surface area contributed by atoms with Gasteiger partial charge in [0.1, 0.15) is 11.8 Å². The molecule has 0 atom stereocenters. The number of ether oxygens (including phenoxy) is 1. The second-order valence-electron chi connectivity index (χ2n) is 4.87. The SMILES string of the molecule is CCN(Cc1ccc(C#N)c(OC)c1)CC(C)C. The smallest absolute Gasteiger partial charge is 0.136 e. The fraction of sp³-hybridized carbons (Fsp3) is 0.533. The van der Waals surface area contributed by atoms with Crippen LogP contribution in [0.3, 0.4) is 0 Å². The average molecular weight is 246 g/mol. The maximum absolute atomic E-state index is 8.95. The summed E-state index contributed by atoms with van der Waals surface area (Å²) >= 11 is 0. The summed E-state index contributed by atoms with van der Waals surface area (Å²) in [6, 6.07) is 7.93. The van der Waals surface area contributed by atoms with Crippen LogP contribution in [0.15, 0.2) is 18.2 Å². The highest BCUT2D eigenvalue weighted by Crippen LogP contribution is 2.20. The Balaban J connectivity index is 2.81. The molecule has 0 bridgehead atoms. The Morgan fingerprint density at radius 1 is 1.39 bits per heavy atom. The molecule has 1 aromatic rings. The first-order valence-electron chi connectivity index (χ1n) is 6.40. The fourth-order valence-electron chi connectivity index (χ4n) is 2.01. The van der Waals surface area contributed by atoms with Gasteiger partial charge in [-0.05, 0) is 30.2 Å². The van der Waals surface area contributed by atoms with Gasteiger partial charge in [-0.15, -0.1) is 0 Å². The van der Waals surface area contributed by atoms with Crippen LogP contribution < -0.4 is 4.74 Å². The van der Waals surface area contributed by atoms with E-state index in [9.17, 15) is 0 Å². The zero-order valence-corrected chi connectivity index (χ0v) is 11.7. The van der Waals surface area contributed by atoms with Crippen LogP contribution in [0.5, 0.6) is 5.75 Å². The maximum atomic E-state index is 8.95. The van der Waals surface area contributed by atoms with Crippen molar-refractivity contribution < 1.29 is 4.74 Å². The summed E-state index contributed by atoms with van der Waals surface area (Å²) in [6.45, 7) is 9.63. The van der Waals surface area contributed by atoms with Gasteiger partial charge in [0.25, 0.3) is 0 Å². The van der Waals surface area contributed by atoms with Crippen LogP contribution >= 0.6 is 0 Å². The lowest BCUT2D eigenvalue weighted by molar-refractivity contribution is 0.248. The predicted molar refractivity (Wildman–Crippen MR) is 73.5 cm³/mol. The highest BCUT2D eigenvalue weighted by molar-refractivity contribution is 5.45. The zero-order chi connectivity index (χ0) is 13.5. The molecule has 0 aliphatic carbocycles. The first kappa shape index (κ1) is 14.5. The zero-order valence-electron chi connectivity index (χ0n) is 11.7. The molecule has 1 aromatic carbocycles. The minimum absolute atomic E-state index is 0.591. The molecule has 0 aliphatic rings. The molecule has 18 heavy (non-hydrogen) atoms. The van der Waals surface area contributed by atoms with Crippen molar-refractivity contribution in [3.63, 3.8) is 0 Å². The summed E-state index contributed by atoms with van der Waals surface area (Å²) in [5.74, 6) is 1.32. The molecule has 98 valence electrons. The van der Waals surface area contributed by atoms with Crippen molar-refractivity contribution in [3.05, 3.63) is 29.3 Å². The van der Waals surface area contributed by atoms with Gasteiger partial charge in [-0.25, -0.2) is 0 Å². The molecular formula is C15H22N2O. The predicted octanol–water partition coefficient (Wildman–Crippen LogP) is 3.04. The Morgan fingerprint density at radius 3 is 2.61 bits per heavy atom. The van der Waals surface area contributed by atoms with Crippen molar-refractivity contribution in [1.29, 1.82) is 5.26 Å². The Bertz CT molecular complexity index is 421. The van der Waals surface area contributed by atoms with E-state index in [0.29, 0.717) is 17.2 Å². The minimum atomic E-state index is 0.591. The van der Waals surface area contributed by atoms with E-state index in [1.54, 1.807) is 7.11 Å². The van der Waals surface area contributed by atoms with E-state index in [1.807, 2.05) is 18.2 Å². The number of nitriles is 1. The van der Waals surface area contributed by atoms with E-state index >= 15 is 0 Å². The lowest BCUT2D eigenvalue weighted by atomic mass is 10.1. The second-order valence-corrected chi connectivity index (χ2v) is 4.87. The van der Waals surface area contributed by atoms with Gasteiger partial charge in [-0.1, -0.05) is 26.8 Å². The quantitative estimate of drug-likeness (QED) is 0.774. The van der Waals surface area contributed by atoms with E-state index < -0.39 is 0 Å². The molecule has 3 heteroatoms. The molecule has 0 heterocycles. The maximum Gasteiger partial charge on any atom is 0.136 e. The Hall–Kier alpha value is -1.53. The number of hydrogen-bond donors (Lipinski definition) is 0. The third kappa shape index (κ3) is 4.05. The Labute approximate surface area is 110 Å². The summed E-state index contributed by atoms with van der Waals surface area (Å²) in [5, 5.41) is 8.95. The summed E-state index contributed by atoms with van der Waals surface area (Å²) in [6.07, 6.45) is 0. The number of benzene rings is 1. The van der Waals surface area contributed by atoms with Crippen molar-refractivity contribution in [1.82, 2.24) is 4.90 Å².